The van der Waals surface area contributed by atoms with Crippen molar-refractivity contribution >= 4 is 11.7 Å². The second-order valence-electron chi connectivity index (χ2n) is 4.89. The summed E-state index contributed by atoms with van der Waals surface area (Å²) in [6.07, 6.45) is 4.27. The van der Waals surface area contributed by atoms with Gasteiger partial charge in [0.25, 0.3) is 0 Å². The second kappa shape index (κ2) is 6.13. The third-order valence-electron chi connectivity index (χ3n) is 3.39. The maximum atomic E-state index is 12.3. The number of carbonyl (C=O) groups excluding carboxylic acids is 1. The number of hydrogen-bond acceptors (Lipinski definition) is 2. The van der Waals surface area contributed by atoms with Crippen LogP contribution in [0.5, 0.6) is 0 Å². The molecule has 1 unspecified atom stereocenters. The normalized spacial score (nSPS) is 16.6. The first-order valence-electron chi connectivity index (χ1n) is 6.94. The third kappa shape index (κ3) is 3.23. The molecule has 0 spiro atoms. The van der Waals surface area contributed by atoms with Crippen molar-refractivity contribution in [3.63, 3.8) is 0 Å². The molecule has 0 radical (unpaired) electrons. The highest BCUT2D eigenvalue weighted by Crippen LogP contribution is 2.14. The molecular formula is C17H17N3O. The van der Waals surface area contributed by atoms with Gasteiger partial charge in [0.05, 0.1) is 0 Å². The van der Waals surface area contributed by atoms with Gasteiger partial charge in [-0.25, -0.2) is 4.79 Å². The van der Waals surface area contributed by atoms with E-state index >= 15 is 0 Å². The number of urea groups is 1. The van der Waals surface area contributed by atoms with Gasteiger partial charge >= 0.3 is 6.03 Å². The molecule has 21 heavy (non-hydrogen) atoms. The molecule has 4 heteroatoms. The lowest BCUT2D eigenvalue weighted by Gasteiger charge is -2.24. The van der Waals surface area contributed by atoms with E-state index in [1.54, 1.807) is 17.3 Å². The number of amides is 2. The zero-order chi connectivity index (χ0) is 14.5. The molecule has 1 aliphatic rings. The SMILES string of the molecule is O=C(Nc1ccccc1)N1C=CNC1Cc1ccccc1. The van der Waals surface area contributed by atoms with Gasteiger partial charge in [0.2, 0.25) is 0 Å². The van der Waals surface area contributed by atoms with Crippen LogP contribution in [0, 0.1) is 0 Å². The Hall–Kier alpha value is -2.75. The Kier molecular flexibility index (Phi) is 3.87. The van der Waals surface area contributed by atoms with Crippen molar-refractivity contribution < 1.29 is 4.79 Å². The molecule has 0 saturated heterocycles. The van der Waals surface area contributed by atoms with Crippen molar-refractivity contribution in [2.45, 2.75) is 12.6 Å². The molecule has 1 aliphatic heterocycles. The van der Waals surface area contributed by atoms with Gasteiger partial charge in [-0.05, 0) is 17.7 Å². The van der Waals surface area contributed by atoms with E-state index in [-0.39, 0.29) is 12.2 Å². The summed E-state index contributed by atoms with van der Waals surface area (Å²) in [5.74, 6) is 0. The summed E-state index contributed by atoms with van der Waals surface area (Å²) < 4.78 is 0. The average molecular weight is 279 g/mol. The molecule has 3 rings (SSSR count). The van der Waals surface area contributed by atoms with E-state index in [0.717, 1.165) is 12.1 Å². The third-order valence-corrected chi connectivity index (χ3v) is 3.39. The summed E-state index contributed by atoms with van der Waals surface area (Å²) in [5.41, 5.74) is 1.98. The number of para-hydroxylation sites is 1. The lowest BCUT2D eigenvalue weighted by Crippen LogP contribution is -2.43. The van der Waals surface area contributed by atoms with E-state index in [1.165, 1.54) is 5.56 Å². The molecule has 1 atom stereocenters. The fraction of sp³-hybridized carbons (Fsp3) is 0.118. The lowest BCUT2D eigenvalue weighted by molar-refractivity contribution is 0.214. The van der Waals surface area contributed by atoms with Crippen LogP contribution < -0.4 is 10.6 Å². The Balaban J connectivity index is 1.66. The largest absolute Gasteiger partial charge is 0.369 e. The van der Waals surface area contributed by atoms with Gasteiger partial charge in [-0.15, -0.1) is 0 Å². The summed E-state index contributed by atoms with van der Waals surface area (Å²) >= 11 is 0. The first-order valence-corrected chi connectivity index (χ1v) is 6.94. The van der Waals surface area contributed by atoms with Crippen LogP contribution in [0.2, 0.25) is 0 Å². The van der Waals surface area contributed by atoms with Crippen LogP contribution >= 0.6 is 0 Å². The number of rotatable bonds is 3. The molecule has 106 valence electrons. The molecule has 0 bridgehead atoms. The molecule has 0 saturated carbocycles. The Morgan fingerprint density at radius 1 is 1.05 bits per heavy atom. The lowest BCUT2D eigenvalue weighted by atomic mass is 10.1. The summed E-state index contributed by atoms with van der Waals surface area (Å²) in [5, 5.41) is 6.10. The minimum Gasteiger partial charge on any atom is -0.369 e. The first-order chi connectivity index (χ1) is 10.3. The number of anilines is 1. The Morgan fingerprint density at radius 2 is 1.71 bits per heavy atom. The zero-order valence-corrected chi connectivity index (χ0v) is 11.6. The van der Waals surface area contributed by atoms with Crippen LogP contribution in [0.1, 0.15) is 5.56 Å². The van der Waals surface area contributed by atoms with E-state index in [4.69, 9.17) is 0 Å². The van der Waals surface area contributed by atoms with E-state index < -0.39 is 0 Å². The van der Waals surface area contributed by atoms with Crippen LogP contribution in [-0.4, -0.2) is 17.1 Å². The van der Waals surface area contributed by atoms with E-state index in [9.17, 15) is 4.79 Å². The average Bonchev–Trinajstić information content (AvgIpc) is 2.97. The minimum atomic E-state index is -0.136. The molecule has 2 N–H and O–H groups in total. The Morgan fingerprint density at radius 3 is 2.43 bits per heavy atom. The van der Waals surface area contributed by atoms with Gasteiger partial charge < -0.3 is 10.6 Å². The van der Waals surface area contributed by atoms with Crippen LogP contribution in [-0.2, 0) is 6.42 Å². The molecule has 4 nitrogen and oxygen atoms in total. The number of nitrogens with zero attached hydrogens (tertiary/aromatic N) is 1. The van der Waals surface area contributed by atoms with Crippen molar-refractivity contribution in [3.05, 3.63) is 78.6 Å². The molecule has 2 aromatic carbocycles. The molecule has 0 aromatic heterocycles. The number of carbonyl (C=O) groups is 1. The van der Waals surface area contributed by atoms with Crippen molar-refractivity contribution in [2.24, 2.45) is 0 Å². The van der Waals surface area contributed by atoms with Crippen LogP contribution in [0.25, 0.3) is 0 Å². The summed E-state index contributed by atoms with van der Waals surface area (Å²) in [6.45, 7) is 0. The van der Waals surface area contributed by atoms with Gasteiger partial charge in [-0.2, -0.15) is 0 Å². The maximum Gasteiger partial charge on any atom is 0.327 e. The van der Waals surface area contributed by atoms with Gasteiger partial charge in [0, 0.05) is 24.5 Å². The minimum absolute atomic E-state index is 0.0592. The monoisotopic (exact) mass is 279 g/mol. The quantitative estimate of drug-likeness (QED) is 0.906. The van der Waals surface area contributed by atoms with Crippen LogP contribution in [0.15, 0.2) is 73.1 Å². The standard InChI is InChI=1S/C17H17N3O/c21-17(19-15-9-5-2-6-10-15)20-12-11-18-16(20)13-14-7-3-1-4-8-14/h1-12,16,18H,13H2,(H,19,21). The van der Waals surface area contributed by atoms with Crippen LogP contribution in [0.4, 0.5) is 10.5 Å². The van der Waals surface area contributed by atoms with Gasteiger partial charge in [-0.3, -0.25) is 4.90 Å². The fourth-order valence-corrected chi connectivity index (χ4v) is 2.33. The highest BCUT2D eigenvalue weighted by Gasteiger charge is 2.24. The Bertz CT molecular complexity index is 625. The molecule has 2 aromatic rings. The molecule has 0 fully saturated rings. The highest BCUT2D eigenvalue weighted by atomic mass is 16.2. The molecule has 2 amide bonds. The highest BCUT2D eigenvalue weighted by molar-refractivity contribution is 5.90. The van der Waals surface area contributed by atoms with Crippen molar-refractivity contribution in [1.82, 2.24) is 10.2 Å². The second-order valence-corrected chi connectivity index (χ2v) is 4.89. The molecular weight excluding hydrogens is 262 g/mol. The van der Waals surface area contributed by atoms with Crippen molar-refractivity contribution in [2.75, 3.05) is 5.32 Å². The summed E-state index contributed by atoms with van der Waals surface area (Å²) in [4.78, 5) is 14.0. The summed E-state index contributed by atoms with van der Waals surface area (Å²) in [6, 6.07) is 19.5. The topological polar surface area (TPSA) is 44.4 Å². The number of benzene rings is 2. The number of hydrogen-bond donors (Lipinski definition) is 2. The van der Waals surface area contributed by atoms with E-state index in [0.29, 0.717) is 0 Å². The fourth-order valence-electron chi connectivity index (χ4n) is 2.33. The van der Waals surface area contributed by atoms with Gasteiger partial charge in [-0.1, -0.05) is 48.5 Å². The Labute approximate surface area is 124 Å². The molecule has 0 aliphatic carbocycles. The van der Waals surface area contributed by atoms with Crippen molar-refractivity contribution in [3.8, 4) is 0 Å². The van der Waals surface area contributed by atoms with Gasteiger partial charge in [0.15, 0.2) is 0 Å². The predicted molar refractivity (Wildman–Crippen MR) is 83.5 cm³/mol. The number of nitrogens with one attached hydrogen (secondary N) is 2. The van der Waals surface area contributed by atoms with Crippen LogP contribution in [0.3, 0.4) is 0 Å². The zero-order valence-electron chi connectivity index (χ0n) is 11.6. The smallest absolute Gasteiger partial charge is 0.327 e. The maximum absolute atomic E-state index is 12.3. The van der Waals surface area contributed by atoms with E-state index in [1.807, 2.05) is 48.5 Å². The molecule has 1 heterocycles. The van der Waals surface area contributed by atoms with Crippen molar-refractivity contribution in [1.29, 1.82) is 0 Å². The van der Waals surface area contributed by atoms with E-state index in [2.05, 4.69) is 22.8 Å². The van der Waals surface area contributed by atoms with Gasteiger partial charge in [0.1, 0.15) is 6.17 Å². The first kappa shape index (κ1) is 13.2. The summed E-state index contributed by atoms with van der Waals surface area (Å²) in [7, 11) is 0. The predicted octanol–water partition coefficient (Wildman–Crippen LogP) is 3.16.